The summed E-state index contributed by atoms with van der Waals surface area (Å²) in [5.74, 6) is -1.85. The molecule has 7 nitrogen and oxygen atoms in total. The molecular weight excluding hydrogens is 264 g/mol. The van der Waals surface area contributed by atoms with E-state index in [-0.39, 0.29) is 11.8 Å². The van der Waals surface area contributed by atoms with Crippen molar-refractivity contribution in [2.75, 3.05) is 6.79 Å². The smallest absolute Gasteiger partial charge is 0.331 e. The number of carbonyl (C=O) groups excluding carboxylic acids is 3. The summed E-state index contributed by atoms with van der Waals surface area (Å²) in [6, 6.07) is -1.53. The van der Waals surface area contributed by atoms with Gasteiger partial charge >= 0.3 is 11.9 Å². The Bertz CT molecular complexity index is 355. The molecule has 0 saturated heterocycles. The SMILES string of the molecule is CC(=O)OCOC(=O)C(NC(=O)C(N)C(C)C)C(C)C. The van der Waals surface area contributed by atoms with Crippen molar-refractivity contribution >= 4 is 17.8 Å². The van der Waals surface area contributed by atoms with Crippen molar-refractivity contribution in [3.63, 3.8) is 0 Å². The van der Waals surface area contributed by atoms with Crippen LogP contribution in [0.4, 0.5) is 0 Å². The van der Waals surface area contributed by atoms with Crippen LogP contribution in [0.3, 0.4) is 0 Å². The average Bonchev–Trinajstić information content (AvgIpc) is 2.33. The molecule has 0 rings (SSSR count). The van der Waals surface area contributed by atoms with Crippen LogP contribution in [0.5, 0.6) is 0 Å². The Labute approximate surface area is 119 Å². The Hall–Kier alpha value is -1.63. The normalized spacial score (nSPS) is 13.8. The second kappa shape index (κ2) is 8.52. The molecule has 0 aromatic rings. The van der Waals surface area contributed by atoms with E-state index in [0.717, 1.165) is 0 Å². The summed E-state index contributed by atoms with van der Waals surface area (Å²) in [6.07, 6.45) is 0. The fourth-order valence-corrected chi connectivity index (χ4v) is 1.31. The summed E-state index contributed by atoms with van der Waals surface area (Å²) >= 11 is 0. The Balaban J connectivity index is 4.53. The third-order valence-corrected chi connectivity index (χ3v) is 2.70. The fraction of sp³-hybridized carbons (Fsp3) is 0.769. The van der Waals surface area contributed by atoms with Crippen LogP contribution in [0, 0.1) is 11.8 Å². The molecule has 2 atom stereocenters. The average molecular weight is 288 g/mol. The topological polar surface area (TPSA) is 108 Å². The van der Waals surface area contributed by atoms with Crippen LogP contribution in [0.25, 0.3) is 0 Å². The quantitative estimate of drug-likeness (QED) is 0.511. The first kappa shape index (κ1) is 18.4. The molecule has 0 aromatic heterocycles. The molecule has 0 aliphatic carbocycles. The zero-order valence-electron chi connectivity index (χ0n) is 12.6. The van der Waals surface area contributed by atoms with Gasteiger partial charge in [0.1, 0.15) is 6.04 Å². The molecule has 1 amide bonds. The summed E-state index contributed by atoms with van der Waals surface area (Å²) < 4.78 is 9.29. The van der Waals surface area contributed by atoms with E-state index in [1.165, 1.54) is 6.92 Å². The van der Waals surface area contributed by atoms with Gasteiger partial charge in [-0.25, -0.2) is 4.79 Å². The van der Waals surface area contributed by atoms with Crippen molar-refractivity contribution in [3.8, 4) is 0 Å². The second-order valence-corrected chi connectivity index (χ2v) is 5.22. The lowest BCUT2D eigenvalue weighted by Crippen LogP contribution is -2.52. The van der Waals surface area contributed by atoms with E-state index >= 15 is 0 Å². The van der Waals surface area contributed by atoms with Gasteiger partial charge in [0, 0.05) is 6.92 Å². The summed E-state index contributed by atoms with van der Waals surface area (Å²) in [5.41, 5.74) is 5.71. The molecular formula is C13H24N2O5. The number of ether oxygens (including phenoxy) is 2. The second-order valence-electron chi connectivity index (χ2n) is 5.22. The van der Waals surface area contributed by atoms with E-state index in [4.69, 9.17) is 10.5 Å². The lowest BCUT2D eigenvalue weighted by molar-refractivity contribution is -0.168. The minimum Gasteiger partial charge on any atom is -0.428 e. The Kier molecular flexibility index (Phi) is 7.83. The van der Waals surface area contributed by atoms with Crippen LogP contribution in [0.1, 0.15) is 34.6 Å². The number of esters is 2. The first-order valence-electron chi connectivity index (χ1n) is 6.52. The highest BCUT2D eigenvalue weighted by Gasteiger charge is 2.28. The number of hydrogen-bond donors (Lipinski definition) is 2. The Morgan fingerprint density at radius 3 is 2.00 bits per heavy atom. The molecule has 0 fully saturated rings. The van der Waals surface area contributed by atoms with Gasteiger partial charge in [0.2, 0.25) is 12.7 Å². The van der Waals surface area contributed by atoms with Crippen LogP contribution in [0.2, 0.25) is 0 Å². The zero-order chi connectivity index (χ0) is 15.9. The lowest BCUT2D eigenvalue weighted by atomic mass is 10.0. The minimum absolute atomic E-state index is 0.0418. The van der Waals surface area contributed by atoms with E-state index in [1.54, 1.807) is 13.8 Å². The number of carbonyl (C=O) groups is 3. The van der Waals surface area contributed by atoms with E-state index in [2.05, 4.69) is 10.1 Å². The number of rotatable bonds is 7. The van der Waals surface area contributed by atoms with Gasteiger partial charge in [-0.1, -0.05) is 27.7 Å². The standard InChI is InChI=1S/C13H24N2O5/c1-7(2)10(14)12(17)15-11(8(3)4)13(18)20-6-19-9(5)16/h7-8,10-11H,6,14H2,1-5H3,(H,15,17). The van der Waals surface area contributed by atoms with Crippen LogP contribution < -0.4 is 11.1 Å². The number of nitrogens with two attached hydrogens (primary N) is 1. The van der Waals surface area contributed by atoms with E-state index in [1.807, 2.05) is 13.8 Å². The molecule has 3 N–H and O–H groups in total. The largest absolute Gasteiger partial charge is 0.428 e. The third kappa shape index (κ3) is 6.51. The molecule has 0 heterocycles. The van der Waals surface area contributed by atoms with E-state index < -0.39 is 36.7 Å². The highest BCUT2D eigenvalue weighted by atomic mass is 16.7. The van der Waals surface area contributed by atoms with Gasteiger partial charge in [0.25, 0.3) is 0 Å². The van der Waals surface area contributed by atoms with Crippen LogP contribution in [-0.2, 0) is 23.9 Å². The highest BCUT2D eigenvalue weighted by molar-refractivity contribution is 5.87. The van der Waals surface area contributed by atoms with Crippen molar-refractivity contribution in [3.05, 3.63) is 0 Å². The van der Waals surface area contributed by atoms with Crippen molar-refractivity contribution in [1.29, 1.82) is 0 Å². The Morgan fingerprint density at radius 2 is 1.60 bits per heavy atom. The fourth-order valence-electron chi connectivity index (χ4n) is 1.31. The third-order valence-electron chi connectivity index (χ3n) is 2.70. The number of amides is 1. The van der Waals surface area contributed by atoms with E-state index in [0.29, 0.717) is 0 Å². The van der Waals surface area contributed by atoms with Gasteiger partial charge in [-0.05, 0) is 11.8 Å². The van der Waals surface area contributed by atoms with Gasteiger partial charge in [0.05, 0.1) is 6.04 Å². The van der Waals surface area contributed by atoms with Gasteiger partial charge < -0.3 is 20.5 Å². The molecule has 20 heavy (non-hydrogen) atoms. The van der Waals surface area contributed by atoms with Gasteiger partial charge in [0.15, 0.2) is 0 Å². The summed E-state index contributed by atoms with van der Waals surface area (Å²) in [7, 11) is 0. The maximum atomic E-state index is 11.9. The summed E-state index contributed by atoms with van der Waals surface area (Å²) in [6.45, 7) is 7.89. The first-order chi connectivity index (χ1) is 9.16. The maximum absolute atomic E-state index is 11.9. The predicted molar refractivity (Wildman–Crippen MR) is 72.3 cm³/mol. The van der Waals surface area contributed by atoms with Gasteiger partial charge in [-0.3, -0.25) is 9.59 Å². The first-order valence-corrected chi connectivity index (χ1v) is 6.52. The molecule has 0 aliphatic heterocycles. The van der Waals surface area contributed by atoms with Crippen molar-refractivity contribution in [1.82, 2.24) is 5.32 Å². The molecule has 2 unspecified atom stereocenters. The molecule has 0 saturated carbocycles. The van der Waals surface area contributed by atoms with Crippen LogP contribution in [-0.4, -0.2) is 36.7 Å². The molecule has 0 spiro atoms. The molecule has 0 bridgehead atoms. The summed E-state index contributed by atoms with van der Waals surface area (Å²) in [4.78, 5) is 34.3. The minimum atomic E-state index is -0.831. The molecule has 0 aromatic carbocycles. The number of hydrogen-bond acceptors (Lipinski definition) is 6. The van der Waals surface area contributed by atoms with Crippen LogP contribution in [0.15, 0.2) is 0 Å². The monoisotopic (exact) mass is 288 g/mol. The van der Waals surface area contributed by atoms with E-state index in [9.17, 15) is 14.4 Å². The van der Waals surface area contributed by atoms with Crippen LogP contribution >= 0.6 is 0 Å². The van der Waals surface area contributed by atoms with Crippen molar-refractivity contribution in [2.45, 2.75) is 46.7 Å². The maximum Gasteiger partial charge on any atom is 0.331 e. The molecule has 116 valence electrons. The predicted octanol–water partition coefficient (Wildman–Crippen LogP) is 0.174. The molecule has 0 aliphatic rings. The van der Waals surface area contributed by atoms with Crippen molar-refractivity contribution < 1.29 is 23.9 Å². The summed E-state index contributed by atoms with van der Waals surface area (Å²) in [5, 5.41) is 2.56. The molecule has 7 heteroatoms. The highest BCUT2D eigenvalue weighted by Crippen LogP contribution is 2.06. The van der Waals surface area contributed by atoms with Gasteiger partial charge in [-0.15, -0.1) is 0 Å². The molecule has 0 radical (unpaired) electrons. The zero-order valence-corrected chi connectivity index (χ0v) is 12.6. The Morgan fingerprint density at radius 1 is 1.05 bits per heavy atom. The lowest BCUT2D eigenvalue weighted by Gasteiger charge is -2.23. The van der Waals surface area contributed by atoms with Crippen molar-refractivity contribution in [2.24, 2.45) is 17.6 Å². The number of nitrogens with one attached hydrogen (secondary N) is 1. The van der Waals surface area contributed by atoms with Gasteiger partial charge in [-0.2, -0.15) is 0 Å².